The molecule has 1 aliphatic heterocycles. The molecule has 3 N–H and O–H groups in total. The molecule has 0 saturated carbocycles. The molecule has 1 fully saturated rings. The van der Waals surface area contributed by atoms with Crippen LogP contribution in [-0.4, -0.2) is 36.1 Å². The SMILES string of the molecule is Nc1nc(N2CCCNCC2)c2sc3c(c2n1)CCCC3. The summed E-state index contributed by atoms with van der Waals surface area (Å²) in [5, 5.41) is 3.45. The van der Waals surface area contributed by atoms with Gasteiger partial charge in [-0.1, -0.05) is 0 Å². The van der Waals surface area contributed by atoms with Crippen molar-refractivity contribution in [1.82, 2.24) is 15.3 Å². The van der Waals surface area contributed by atoms with Crippen LogP contribution in [0.2, 0.25) is 0 Å². The summed E-state index contributed by atoms with van der Waals surface area (Å²) in [6, 6.07) is 0. The van der Waals surface area contributed by atoms with Crippen LogP contribution < -0.4 is 16.0 Å². The Bertz CT molecular complexity index is 658. The van der Waals surface area contributed by atoms with Crippen LogP contribution >= 0.6 is 11.3 Å². The fraction of sp³-hybridized carbons (Fsp3) is 0.600. The highest BCUT2D eigenvalue weighted by Gasteiger charge is 2.23. The molecule has 2 aliphatic rings. The van der Waals surface area contributed by atoms with Gasteiger partial charge in [-0.3, -0.25) is 0 Å². The molecule has 6 heteroatoms. The zero-order valence-corrected chi connectivity index (χ0v) is 13.0. The Balaban J connectivity index is 1.85. The Morgan fingerprint density at radius 3 is 2.90 bits per heavy atom. The summed E-state index contributed by atoms with van der Waals surface area (Å²) in [6.07, 6.45) is 6.05. The van der Waals surface area contributed by atoms with Gasteiger partial charge >= 0.3 is 0 Å². The Hall–Kier alpha value is -1.40. The van der Waals surface area contributed by atoms with Gasteiger partial charge in [0.2, 0.25) is 5.95 Å². The van der Waals surface area contributed by atoms with E-state index in [2.05, 4.69) is 20.2 Å². The van der Waals surface area contributed by atoms with Crippen molar-refractivity contribution in [3.63, 3.8) is 0 Å². The number of hydrogen-bond donors (Lipinski definition) is 2. The fourth-order valence-corrected chi connectivity index (χ4v) is 4.74. The molecule has 2 aromatic rings. The van der Waals surface area contributed by atoms with Crippen molar-refractivity contribution in [3.05, 3.63) is 10.4 Å². The first kappa shape index (κ1) is 13.3. The van der Waals surface area contributed by atoms with Crippen molar-refractivity contribution in [2.24, 2.45) is 0 Å². The second kappa shape index (κ2) is 5.42. The van der Waals surface area contributed by atoms with Gasteiger partial charge in [0.05, 0.1) is 10.2 Å². The molecule has 0 spiro atoms. The quantitative estimate of drug-likeness (QED) is 0.843. The van der Waals surface area contributed by atoms with E-state index in [0.717, 1.165) is 50.4 Å². The number of nitrogens with two attached hydrogens (primary N) is 1. The number of rotatable bonds is 1. The molecule has 21 heavy (non-hydrogen) atoms. The van der Waals surface area contributed by atoms with Crippen LogP contribution in [0.4, 0.5) is 11.8 Å². The van der Waals surface area contributed by atoms with Crippen molar-refractivity contribution in [3.8, 4) is 0 Å². The maximum atomic E-state index is 6.00. The highest BCUT2D eigenvalue weighted by Crippen LogP contribution is 2.39. The summed E-state index contributed by atoms with van der Waals surface area (Å²) in [6.45, 7) is 4.13. The molecule has 3 heterocycles. The Labute approximate surface area is 128 Å². The fourth-order valence-electron chi connectivity index (χ4n) is 3.39. The average Bonchev–Trinajstić information content (AvgIpc) is 2.69. The van der Waals surface area contributed by atoms with Crippen molar-refractivity contribution >= 4 is 33.3 Å². The van der Waals surface area contributed by atoms with E-state index in [4.69, 9.17) is 5.73 Å². The van der Waals surface area contributed by atoms with Gasteiger partial charge in [-0.15, -0.1) is 11.3 Å². The van der Waals surface area contributed by atoms with E-state index in [1.807, 2.05) is 11.3 Å². The van der Waals surface area contributed by atoms with Gasteiger partial charge in [0.1, 0.15) is 0 Å². The topological polar surface area (TPSA) is 67.1 Å². The van der Waals surface area contributed by atoms with Crippen molar-refractivity contribution < 1.29 is 0 Å². The molecule has 2 aromatic heterocycles. The van der Waals surface area contributed by atoms with Gasteiger partial charge in [0.25, 0.3) is 0 Å². The van der Waals surface area contributed by atoms with E-state index in [-0.39, 0.29) is 0 Å². The molecule has 1 saturated heterocycles. The molecule has 0 bridgehead atoms. The Kier molecular flexibility index (Phi) is 3.43. The second-order valence-corrected chi connectivity index (χ2v) is 6.99. The third-order valence-corrected chi connectivity index (χ3v) is 5.71. The smallest absolute Gasteiger partial charge is 0.222 e. The second-order valence-electron chi connectivity index (χ2n) is 5.88. The molecule has 0 unspecified atom stereocenters. The summed E-state index contributed by atoms with van der Waals surface area (Å²) >= 11 is 1.89. The van der Waals surface area contributed by atoms with E-state index in [1.165, 1.54) is 34.4 Å². The van der Waals surface area contributed by atoms with Gasteiger partial charge in [-0.25, -0.2) is 4.98 Å². The van der Waals surface area contributed by atoms with E-state index in [0.29, 0.717) is 5.95 Å². The molecule has 0 aromatic carbocycles. The zero-order chi connectivity index (χ0) is 14.2. The minimum Gasteiger partial charge on any atom is -0.368 e. The number of nitrogen functional groups attached to an aromatic ring is 1. The van der Waals surface area contributed by atoms with Crippen LogP contribution in [0.25, 0.3) is 10.2 Å². The third kappa shape index (κ3) is 2.36. The predicted octanol–water partition coefficient (Wildman–Crippen LogP) is 1.95. The van der Waals surface area contributed by atoms with Crippen LogP contribution in [0.15, 0.2) is 0 Å². The lowest BCUT2D eigenvalue weighted by Crippen LogP contribution is -2.29. The van der Waals surface area contributed by atoms with E-state index >= 15 is 0 Å². The maximum Gasteiger partial charge on any atom is 0.222 e. The van der Waals surface area contributed by atoms with Gasteiger partial charge in [0, 0.05) is 24.5 Å². The molecule has 1 aliphatic carbocycles. The number of aromatic nitrogens is 2. The summed E-state index contributed by atoms with van der Waals surface area (Å²) in [7, 11) is 0. The van der Waals surface area contributed by atoms with Crippen molar-refractivity contribution in [2.45, 2.75) is 32.1 Å². The van der Waals surface area contributed by atoms with Gasteiger partial charge in [-0.2, -0.15) is 4.98 Å². The highest BCUT2D eigenvalue weighted by molar-refractivity contribution is 7.19. The number of aryl methyl sites for hydroxylation is 2. The average molecular weight is 303 g/mol. The maximum absolute atomic E-state index is 6.00. The molecule has 112 valence electrons. The first-order valence-electron chi connectivity index (χ1n) is 7.86. The van der Waals surface area contributed by atoms with Gasteiger partial charge in [0.15, 0.2) is 5.82 Å². The number of thiophene rings is 1. The summed E-state index contributed by atoms with van der Waals surface area (Å²) in [5.41, 5.74) is 8.56. The normalized spacial score (nSPS) is 19.5. The van der Waals surface area contributed by atoms with Crippen LogP contribution in [-0.2, 0) is 12.8 Å². The molecule has 0 amide bonds. The lowest BCUT2D eigenvalue weighted by molar-refractivity contribution is 0.699. The number of anilines is 2. The van der Waals surface area contributed by atoms with Crippen molar-refractivity contribution in [1.29, 1.82) is 0 Å². The zero-order valence-electron chi connectivity index (χ0n) is 12.2. The summed E-state index contributed by atoms with van der Waals surface area (Å²) in [4.78, 5) is 13.0. The van der Waals surface area contributed by atoms with Gasteiger partial charge < -0.3 is 16.0 Å². The number of nitrogens with zero attached hydrogens (tertiary/aromatic N) is 3. The van der Waals surface area contributed by atoms with Gasteiger partial charge in [-0.05, 0) is 44.2 Å². The molecular weight excluding hydrogens is 282 g/mol. The molecule has 5 nitrogen and oxygen atoms in total. The van der Waals surface area contributed by atoms with E-state index in [1.54, 1.807) is 0 Å². The standard InChI is InChI=1S/C15H21N5S/c16-15-18-12-10-4-1-2-5-11(10)21-13(12)14(19-15)20-8-3-6-17-7-9-20/h17H,1-9H2,(H2,16,18,19). The predicted molar refractivity (Wildman–Crippen MR) is 88.2 cm³/mol. The first-order chi connectivity index (χ1) is 10.3. The number of nitrogens with one attached hydrogen (secondary N) is 1. The summed E-state index contributed by atoms with van der Waals surface area (Å²) < 4.78 is 1.25. The monoisotopic (exact) mass is 303 g/mol. The van der Waals surface area contributed by atoms with E-state index in [9.17, 15) is 0 Å². The molecule has 0 radical (unpaired) electrons. The minimum absolute atomic E-state index is 0.417. The van der Waals surface area contributed by atoms with Crippen LogP contribution in [0.5, 0.6) is 0 Å². The highest BCUT2D eigenvalue weighted by atomic mass is 32.1. The molecule has 4 rings (SSSR count). The van der Waals surface area contributed by atoms with E-state index < -0.39 is 0 Å². The Morgan fingerprint density at radius 2 is 1.95 bits per heavy atom. The Morgan fingerprint density at radius 1 is 1.05 bits per heavy atom. The van der Waals surface area contributed by atoms with Crippen LogP contribution in [0.1, 0.15) is 29.7 Å². The third-order valence-electron chi connectivity index (χ3n) is 4.43. The lowest BCUT2D eigenvalue weighted by atomic mass is 9.98. The number of hydrogen-bond acceptors (Lipinski definition) is 6. The summed E-state index contributed by atoms with van der Waals surface area (Å²) in [5.74, 6) is 1.47. The van der Waals surface area contributed by atoms with Crippen LogP contribution in [0, 0.1) is 0 Å². The van der Waals surface area contributed by atoms with Crippen LogP contribution in [0.3, 0.4) is 0 Å². The molecular formula is C15H21N5S. The lowest BCUT2D eigenvalue weighted by Gasteiger charge is -2.21. The number of fused-ring (bicyclic) bond motifs is 3. The largest absolute Gasteiger partial charge is 0.368 e. The molecule has 0 atom stereocenters. The minimum atomic E-state index is 0.417. The van der Waals surface area contributed by atoms with Crippen molar-refractivity contribution in [2.75, 3.05) is 36.8 Å². The first-order valence-corrected chi connectivity index (χ1v) is 8.68.